The molecule has 3 heteroatoms. The Morgan fingerprint density at radius 3 is 2.67 bits per heavy atom. The molecule has 0 bridgehead atoms. The molecule has 1 aromatic carbocycles. The van der Waals surface area contributed by atoms with Crippen molar-refractivity contribution in [2.45, 2.75) is 0 Å². The van der Waals surface area contributed by atoms with Gasteiger partial charge in [-0.25, -0.2) is 0 Å². The predicted molar refractivity (Wildman–Crippen MR) is 43.8 cm³/mol. The number of hydrogen-bond acceptors (Lipinski definition) is 2. The van der Waals surface area contributed by atoms with Crippen molar-refractivity contribution in [3.05, 3.63) is 24.3 Å². The molecule has 1 aromatic rings. The maximum absolute atomic E-state index is 5.50. The molecule has 0 aliphatic heterocycles. The molecular weight excluding hydrogens is 193 g/mol. The molecule has 1 nitrogen and oxygen atoms in total. The molecule has 0 fully saturated rings. The second-order valence-electron chi connectivity index (χ2n) is 1.69. The van der Waals surface area contributed by atoms with E-state index < -0.39 is 0 Å². The van der Waals surface area contributed by atoms with Gasteiger partial charge in [0.1, 0.15) is 0 Å². The minimum atomic E-state index is -0.0788. The molecule has 0 heterocycles. The Hall–Kier alpha value is -0.202. The van der Waals surface area contributed by atoms with E-state index in [2.05, 4.69) is 0 Å². The zero-order valence-electron chi connectivity index (χ0n) is 4.74. The molecule has 46 valence electrons. The van der Waals surface area contributed by atoms with Crippen molar-refractivity contribution in [1.29, 1.82) is 0 Å². The summed E-state index contributed by atoms with van der Waals surface area (Å²) in [6.45, 7) is 0. The zero-order chi connectivity index (χ0) is 6.69. The van der Waals surface area contributed by atoms with Crippen LogP contribution in [0.3, 0.4) is 0 Å². The normalized spacial score (nSPS) is 9.78. The van der Waals surface area contributed by atoms with Gasteiger partial charge in [0.25, 0.3) is 0 Å². The van der Waals surface area contributed by atoms with Crippen molar-refractivity contribution in [3.63, 3.8) is 0 Å². The van der Waals surface area contributed by atoms with Crippen LogP contribution in [-0.4, -0.2) is 14.1 Å². The Morgan fingerprint density at radius 1 is 1.44 bits per heavy atom. The van der Waals surface area contributed by atoms with Gasteiger partial charge in [-0.15, -0.1) is 0 Å². The van der Waals surface area contributed by atoms with E-state index in [1.807, 2.05) is 24.3 Å². The average Bonchev–Trinajstić information content (AvgIpc) is 1.88. The number of hydrogen-bond donors (Lipinski definition) is 1. The van der Waals surface area contributed by atoms with Crippen LogP contribution in [0, 0.1) is 0 Å². The standard InChI is InChI=1S/C6H6AsNS/c8-6-3-1-2-5(4-6)7-9/h1-4H,8H2. The van der Waals surface area contributed by atoms with Crippen molar-refractivity contribution < 1.29 is 0 Å². The third-order valence-electron chi connectivity index (χ3n) is 0.976. The van der Waals surface area contributed by atoms with Crippen molar-refractivity contribution in [1.82, 2.24) is 0 Å². The van der Waals surface area contributed by atoms with Gasteiger partial charge in [0.2, 0.25) is 0 Å². The Balaban J connectivity index is 3.07. The van der Waals surface area contributed by atoms with Crippen LogP contribution in [0.15, 0.2) is 24.3 Å². The second kappa shape index (κ2) is 3.09. The van der Waals surface area contributed by atoms with Gasteiger partial charge < -0.3 is 0 Å². The molecule has 0 aliphatic carbocycles. The van der Waals surface area contributed by atoms with Crippen LogP contribution in [-0.2, 0) is 0 Å². The molecule has 0 unspecified atom stereocenters. The van der Waals surface area contributed by atoms with E-state index in [1.54, 1.807) is 0 Å². The van der Waals surface area contributed by atoms with Crippen molar-refractivity contribution in [2.75, 3.05) is 5.73 Å². The maximum atomic E-state index is 5.50. The van der Waals surface area contributed by atoms with Gasteiger partial charge in [0.15, 0.2) is 0 Å². The topological polar surface area (TPSA) is 26.0 Å². The Kier molecular flexibility index (Phi) is 2.37. The predicted octanol–water partition coefficient (Wildman–Crippen LogP) is 0.711. The number of nitrogens with two attached hydrogens (primary N) is 1. The van der Waals surface area contributed by atoms with Gasteiger partial charge in [-0.2, -0.15) is 0 Å². The summed E-state index contributed by atoms with van der Waals surface area (Å²) in [6, 6.07) is 7.76. The molecule has 0 aromatic heterocycles. The Morgan fingerprint density at radius 2 is 2.22 bits per heavy atom. The van der Waals surface area contributed by atoms with Crippen LogP contribution in [0.5, 0.6) is 0 Å². The number of benzene rings is 1. The van der Waals surface area contributed by atoms with Gasteiger partial charge in [-0.05, 0) is 0 Å². The van der Waals surface area contributed by atoms with Crippen molar-refractivity contribution in [3.8, 4) is 0 Å². The fourth-order valence-electron chi connectivity index (χ4n) is 0.582. The van der Waals surface area contributed by atoms with E-state index >= 15 is 0 Å². The van der Waals surface area contributed by atoms with Gasteiger partial charge >= 0.3 is 64.5 Å². The first-order valence-corrected chi connectivity index (χ1v) is 6.12. The summed E-state index contributed by atoms with van der Waals surface area (Å²) in [5.41, 5.74) is 6.32. The quantitative estimate of drug-likeness (QED) is 0.532. The first kappa shape index (κ1) is 6.91. The summed E-state index contributed by atoms with van der Waals surface area (Å²) < 4.78 is 1.21. The first-order chi connectivity index (χ1) is 4.33. The molecule has 1 rings (SSSR count). The summed E-state index contributed by atoms with van der Waals surface area (Å²) in [6.07, 6.45) is 0. The molecular formula is C6H6AsNS. The third-order valence-corrected chi connectivity index (χ3v) is 3.10. The summed E-state index contributed by atoms with van der Waals surface area (Å²) in [5, 5.41) is 0. The number of nitrogen functional groups attached to an aromatic ring is 1. The zero-order valence-corrected chi connectivity index (χ0v) is 7.44. The fourth-order valence-corrected chi connectivity index (χ4v) is 1.90. The van der Waals surface area contributed by atoms with Crippen molar-refractivity contribution >= 4 is 34.5 Å². The van der Waals surface area contributed by atoms with Gasteiger partial charge in [-0.1, -0.05) is 0 Å². The van der Waals surface area contributed by atoms with Crippen LogP contribution in [0.4, 0.5) is 5.69 Å². The molecule has 0 saturated carbocycles. The van der Waals surface area contributed by atoms with E-state index in [9.17, 15) is 0 Å². The number of anilines is 1. The summed E-state index contributed by atoms with van der Waals surface area (Å²) in [5.74, 6) is 0. The van der Waals surface area contributed by atoms with Gasteiger partial charge in [0, 0.05) is 0 Å². The Bertz CT molecular complexity index is 224. The molecule has 0 amide bonds. The Labute approximate surface area is 64.7 Å². The number of rotatable bonds is 1. The fraction of sp³-hybridized carbons (Fsp3) is 0. The molecule has 2 N–H and O–H groups in total. The van der Waals surface area contributed by atoms with Crippen molar-refractivity contribution in [2.24, 2.45) is 0 Å². The van der Waals surface area contributed by atoms with Gasteiger partial charge in [-0.3, -0.25) is 0 Å². The third kappa shape index (κ3) is 1.88. The molecule has 0 radical (unpaired) electrons. The van der Waals surface area contributed by atoms with Crippen LogP contribution >= 0.6 is 10.4 Å². The average molecular weight is 199 g/mol. The summed E-state index contributed by atoms with van der Waals surface area (Å²) >= 11 is -0.0788. The SMILES string of the molecule is Nc1cccc([As]=S)c1. The molecule has 0 aliphatic rings. The van der Waals surface area contributed by atoms with Crippen LogP contribution in [0.1, 0.15) is 0 Å². The van der Waals surface area contributed by atoms with Crippen LogP contribution < -0.4 is 10.1 Å². The van der Waals surface area contributed by atoms with E-state index in [-0.39, 0.29) is 14.1 Å². The van der Waals surface area contributed by atoms with E-state index in [4.69, 9.17) is 16.1 Å². The molecule has 0 saturated heterocycles. The summed E-state index contributed by atoms with van der Waals surface area (Å²) in [4.78, 5) is 0. The second-order valence-corrected chi connectivity index (χ2v) is 4.10. The molecule has 9 heavy (non-hydrogen) atoms. The molecule has 0 spiro atoms. The monoisotopic (exact) mass is 199 g/mol. The molecule has 0 atom stereocenters. The van der Waals surface area contributed by atoms with Gasteiger partial charge in [0.05, 0.1) is 0 Å². The van der Waals surface area contributed by atoms with Crippen LogP contribution in [0.25, 0.3) is 0 Å². The van der Waals surface area contributed by atoms with E-state index in [0.29, 0.717) is 0 Å². The summed E-state index contributed by atoms with van der Waals surface area (Å²) in [7, 11) is 4.92. The minimum absolute atomic E-state index is 0.0788. The van der Waals surface area contributed by atoms with Crippen LogP contribution in [0.2, 0.25) is 0 Å². The van der Waals surface area contributed by atoms with E-state index in [0.717, 1.165) is 5.69 Å². The van der Waals surface area contributed by atoms with E-state index in [1.165, 1.54) is 4.35 Å². The first-order valence-electron chi connectivity index (χ1n) is 2.52.